The van der Waals surface area contributed by atoms with Crippen LogP contribution in [0.4, 0.5) is 11.4 Å². The van der Waals surface area contributed by atoms with Gasteiger partial charge in [-0.3, -0.25) is 9.59 Å². The van der Waals surface area contributed by atoms with E-state index in [0.717, 1.165) is 11.3 Å². The molecule has 0 aromatic heterocycles. The molecule has 1 aliphatic carbocycles. The number of aryl methyl sites for hydroxylation is 1. The fourth-order valence-corrected chi connectivity index (χ4v) is 2.86. The lowest BCUT2D eigenvalue weighted by atomic mass is 10.2. The third-order valence-corrected chi connectivity index (χ3v) is 4.52. The Morgan fingerprint density at radius 1 is 0.923 bits per heavy atom. The maximum absolute atomic E-state index is 12.4. The molecular weight excluding hydrogens is 332 g/mol. The maximum Gasteiger partial charge on any atom is 0.228 e. The molecule has 1 saturated carbocycles. The Balaban J connectivity index is 1.59. The van der Waals surface area contributed by atoms with E-state index in [1.54, 1.807) is 25.3 Å². The van der Waals surface area contributed by atoms with Gasteiger partial charge in [-0.05, 0) is 37.1 Å². The molecule has 2 N–H and O–H groups in total. The van der Waals surface area contributed by atoms with Gasteiger partial charge in [-0.2, -0.15) is 0 Å². The minimum atomic E-state index is -0.313. The molecule has 26 heavy (non-hydrogen) atoms. The van der Waals surface area contributed by atoms with Gasteiger partial charge in [0.15, 0.2) is 11.5 Å². The quantitative estimate of drug-likeness (QED) is 0.835. The van der Waals surface area contributed by atoms with Crippen molar-refractivity contribution in [2.24, 2.45) is 11.8 Å². The van der Waals surface area contributed by atoms with E-state index < -0.39 is 0 Å². The van der Waals surface area contributed by atoms with Crippen molar-refractivity contribution in [1.29, 1.82) is 0 Å². The first kappa shape index (κ1) is 17.8. The summed E-state index contributed by atoms with van der Waals surface area (Å²) in [5.74, 6) is 0.234. The van der Waals surface area contributed by atoms with E-state index in [2.05, 4.69) is 10.6 Å². The number of rotatable bonds is 6. The van der Waals surface area contributed by atoms with Crippen LogP contribution in [0.1, 0.15) is 12.0 Å². The Hall–Kier alpha value is -3.02. The van der Waals surface area contributed by atoms with Gasteiger partial charge in [0, 0.05) is 17.4 Å². The Labute approximate surface area is 152 Å². The Morgan fingerprint density at radius 2 is 1.58 bits per heavy atom. The van der Waals surface area contributed by atoms with Crippen molar-refractivity contribution in [3.05, 3.63) is 48.0 Å². The lowest BCUT2D eigenvalue weighted by Gasteiger charge is -2.11. The summed E-state index contributed by atoms with van der Waals surface area (Å²) in [6.45, 7) is 1.93. The number of methoxy groups -OCH3 is 2. The van der Waals surface area contributed by atoms with E-state index in [9.17, 15) is 9.59 Å². The number of amides is 2. The zero-order valence-corrected chi connectivity index (χ0v) is 15.0. The van der Waals surface area contributed by atoms with Crippen LogP contribution in [0, 0.1) is 18.8 Å². The highest BCUT2D eigenvalue weighted by Gasteiger charge is 2.48. The molecule has 2 aromatic carbocycles. The number of para-hydroxylation sites is 1. The predicted octanol–water partition coefficient (Wildman–Crippen LogP) is 3.23. The van der Waals surface area contributed by atoms with E-state index in [1.165, 1.54) is 7.11 Å². The zero-order valence-electron chi connectivity index (χ0n) is 15.0. The van der Waals surface area contributed by atoms with Crippen molar-refractivity contribution in [3.63, 3.8) is 0 Å². The average molecular weight is 354 g/mol. The fourth-order valence-electron chi connectivity index (χ4n) is 2.86. The highest BCUT2D eigenvalue weighted by atomic mass is 16.5. The van der Waals surface area contributed by atoms with E-state index >= 15 is 0 Å². The van der Waals surface area contributed by atoms with Gasteiger partial charge in [-0.15, -0.1) is 0 Å². The summed E-state index contributed by atoms with van der Waals surface area (Å²) in [5, 5.41) is 5.73. The third kappa shape index (κ3) is 3.79. The number of ether oxygens (including phenoxy) is 2. The van der Waals surface area contributed by atoms with E-state index in [0.29, 0.717) is 23.6 Å². The highest BCUT2D eigenvalue weighted by Crippen LogP contribution is 2.41. The molecule has 6 nitrogen and oxygen atoms in total. The van der Waals surface area contributed by atoms with Crippen LogP contribution >= 0.6 is 0 Å². The van der Waals surface area contributed by atoms with Gasteiger partial charge in [0.25, 0.3) is 0 Å². The Bertz CT molecular complexity index is 834. The van der Waals surface area contributed by atoms with Crippen molar-refractivity contribution in [3.8, 4) is 11.5 Å². The molecular formula is C20H22N2O4. The summed E-state index contributed by atoms with van der Waals surface area (Å²) in [5.41, 5.74) is 2.38. The molecule has 0 saturated heterocycles. The second-order valence-corrected chi connectivity index (χ2v) is 6.31. The Kier molecular flexibility index (Phi) is 5.11. The van der Waals surface area contributed by atoms with Gasteiger partial charge < -0.3 is 20.1 Å². The maximum atomic E-state index is 12.4. The molecule has 0 radical (unpaired) electrons. The summed E-state index contributed by atoms with van der Waals surface area (Å²) < 4.78 is 10.4. The van der Waals surface area contributed by atoms with Crippen LogP contribution in [0.3, 0.4) is 0 Å². The average Bonchev–Trinajstić information content (AvgIpc) is 3.44. The van der Waals surface area contributed by atoms with Crippen LogP contribution in [-0.2, 0) is 9.59 Å². The fraction of sp³-hybridized carbons (Fsp3) is 0.300. The largest absolute Gasteiger partial charge is 0.493 e. The molecule has 1 aliphatic rings. The lowest BCUT2D eigenvalue weighted by molar-refractivity contribution is -0.122. The van der Waals surface area contributed by atoms with Crippen molar-refractivity contribution in [1.82, 2.24) is 0 Å². The standard InChI is InChI=1S/C20H22N2O4/c1-12-6-4-5-7-16(12)22-20(24)15-11-14(15)19(23)21-13-8-9-17(25-2)18(10-13)26-3/h4-10,14-15H,11H2,1-3H3,(H,21,23)(H,22,24). The molecule has 1 fully saturated rings. The summed E-state index contributed by atoms with van der Waals surface area (Å²) in [6.07, 6.45) is 0.552. The molecule has 0 aliphatic heterocycles. The molecule has 2 aromatic rings. The summed E-state index contributed by atoms with van der Waals surface area (Å²) in [4.78, 5) is 24.8. The number of nitrogens with one attached hydrogen (secondary N) is 2. The topological polar surface area (TPSA) is 76.7 Å². The highest BCUT2D eigenvalue weighted by molar-refractivity contribution is 6.03. The van der Waals surface area contributed by atoms with Gasteiger partial charge >= 0.3 is 0 Å². The monoisotopic (exact) mass is 354 g/mol. The van der Waals surface area contributed by atoms with Crippen molar-refractivity contribution in [2.45, 2.75) is 13.3 Å². The molecule has 2 amide bonds. The smallest absolute Gasteiger partial charge is 0.228 e. The van der Waals surface area contributed by atoms with E-state index in [4.69, 9.17) is 9.47 Å². The van der Waals surface area contributed by atoms with Crippen molar-refractivity contribution < 1.29 is 19.1 Å². The van der Waals surface area contributed by atoms with Crippen LogP contribution in [0.25, 0.3) is 0 Å². The van der Waals surface area contributed by atoms with Crippen LogP contribution in [-0.4, -0.2) is 26.0 Å². The number of benzene rings is 2. The molecule has 6 heteroatoms. The minimum Gasteiger partial charge on any atom is -0.493 e. The molecule has 136 valence electrons. The van der Waals surface area contributed by atoms with Crippen LogP contribution in [0.15, 0.2) is 42.5 Å². The van der Waals surface area contributed by atoms with Crippen LogP contribution in [0.2, 0.25) is 0 Å². The number of hydrogen-bond donors (Lipinski definition) is 2. The van der Waals surface area contributed by atoms with Gasteiger partial charge in [-0.1, -0.05) is 18.2 Å². The molecule has 0 bridgehead atoms. The van der Waals surface area contributed by atoms with Gasteiger partial charge in [-0.25, -0.2) is 0 Å². The molecule has 3 rings (SSSR count). The van der Waals surface area contributed by atoms with E-state index in [1.807, 2.05) is 31.2 Å². The number of anilines is 2. The number of carbonyl (C=O) groups excluding carboxylic acids is 2. The van der Waals surface area contributed by atoms with Crippen molar-refractivity contribution in [2.75, 3.05) is 24.9 Å². The third-order valence-electron chi connectivity index (χ3n) is 4.52. The SMILES string of the molecule is COc1ccc(NC(=O)C2CC2C(=O)Nc2ccccc2C)cc1OC. The molecule has 2 atom stereocenters. The first-order chi connectivity index (χ1) is 12.5. The first-order valence-corrected chi connectivity index (χ1v) is 8.43. The minimum absolute atomic E-state index is 0.119. The first-order valence-electron chi connectivity index (χ1n) is 8.43. The zero-order chi connectivity index (χ0) is 18.7. The van der Waals surface area contributed by atoms with Gasteiger partial charge in [0.1, 0.15) is 0 Å². The van der Waals surface area contributed by atoms with Crippen LogP contribution in [0.5, 0.6) is 11.5 Å². The number of hydrogen-bond acceptors (Lipinski definition) is 4. The molecule has 0 spiro atoms. The normalized spacial score (nSPS) is 18.0. The van der Waals surface area contributed by atoms with Crippen molar-refractivity contribution >= 4 is 23.2 Å². The summed E-state index contributed by atoms with van der Waals surface area (Å²) in [7, 11) is 3.09. The van der Waals surface area contributed by atoms with Gasteiger partial charge in [0.2, 0.25) is 11.8 Å². The molecule has 2 unspecified atom stereocenters. The Morgan fingerprint density at radius 3 is 2.23 bits per heavy atom. The second kappa shape index (κ2) is 7.47. The summed E-state index contributed by atoms with van der Waals surface area (Å²) in [6, 6.07) is 12.7. The second-order valence-electron chi connectivity index (χ2n) is 6.31. The predicted molar refractivity (Wildman–Crippen MR) is 99.6 cm³/mol. The van der Waals surface area contributed by atoms with E-state index in [-0.39, 0.29) is 23.7 Å². The number of carbonyl (C=O) groups is 2. The van der Waals surface area contributed by atoms with Crippen LogP contribution < -0.4 is 20.1 Å². The summed E-state index contributed by atoms with van der Waals surface area (Å²) >= 11 is 0. The lowest BCUT2D eigenvalue weighted by Crippen LogP contribution is -2.20. The van der Waals surface area contributed by atoms with Gasteiger partial charge in [0.05, 0.1) is 26.1 Å². The molecule has 0 heterocycles.